The number of carbonyl (C=O) groups excluding carboxylic acids is 1. The fourth-order valence-electron chi connectivity index (χ4n) is 2.37. The zero-order valence-electron chi connectivity index (χ0n) is 13.9. The van der Waals surface area contributed by atoms with E-state index < -0.39 is 11.7 Å². The molecule has 0 aliphatic heterocycles. The van der Waals surface area contributed by atoms with Crippen LogP contribution in [0.4, 0.5) is 10.5 Å². The van der Waals surface area contributed by atoms with E-state index in [0.29, 0.717) is 23.7 Å². The van der Waals surface area contributed by atoms with Crippen molar-refractivity contribution >= 4 is 34.3 Å². The highest BCUT2D eigenvalue weighted by Gasteiger charge is 2.16. The molecule has 6 nitrogen and oxygen atoms in total. The number of nitrogen functional groups attached to an aromatic ring is 1. The summed E-state index contributed by atoms with van der Waals surface area (Å²) in [6, 6.07) is 1.77. The first-order valence-electron chi connectivity index (χ1n) is 7.54. The van der Waals surface area contributed by atoms with Crippen molar-refractivity contribution in [1.82, 2.24) is 15.1 Å². The second-order valence-corrected chi connectivity index (χ2v) is 6.93. The predicted molar refractivity (Wildman–Crippen MR) is 92.7 cm³/mol. The van der Waals surface area contributed by atoms with Crippen molar-refractivity contribution in [3.63, 3.8) is 0 Å². The molecule has 23 heavy (non-hydrogen) atoms. The number of nitrogens with two attached hydrogens (primary N) is 1. The molecule has 2 aromatic rings. The average molecular weight is 339 g/mol. The van der Waals surface area contributed by atoms with Crippen LogP contribution in [-0.4, -0.2) is 28.0 Å². The van der Waals surface area contributed by atoms with Gasteiger partial charge in [-0.15, -0.1) is 0 Å². The molecule has 3 N–H and O–H groups in total. The first kappa shape index (κ1) is 17.4. The molecule has 0 aliphatic rings. The molecule has 2 rings (SSSR count). The van der Waals surface area contributed by atoms with Crippen molar-refractivity contribution in [3.05, 3.63) is 22.8 Å². The van der Waals surface area contributed by atoms with Crippen molar-refractivity contribution in [2.24, 2.45) is 7.05 Å². The molecule has 0 fully saturated rings. The predicted octanol–water partition coefficient (Wildman–Crippen LogP) is 3.27. The highest BCUT2D eigenvalue weighted by Crippen LogP contribution is 2.31. The molecule has 7 heteroatoms. The highest BCUT2D eigenvalue weighted by atomic mass is 35.5. The largest absolute Gasteiger partial charge is 0.444 e. The smallest absolute Gasteiger partial charge is 0.407 e. The van der Waals surface area contributed by atoms with Crippen LogP contribution in [0.15, 0.2) is 12.3 Å². The molecule has 0 saturated heterocycles. The molecule has 1 heterocycles. The monoisotopic (exact) mass is 338 g/mol. The van der Waals surface area contributed by atoms with E-state index >= 15 is 0 Å². The van der Waals surface area contributed by atoms with E-state index in [4.69, 9.17) is 22.1 Å². The van der Waals surface area contributed by atoms with Crippen molar-refractivity contribution in [2.75, 3.05) is 12.3 Å². The number of benzene rings is 1. The molecule has 0 spiro atoms. The minimum atomic E-state index is -0.497. The SMILES string of the molecule is Cn1cc2c(CCCNC(=O)OC(C)(C)C)c(N)c(Cl)cc2n1. The molecule has 0 radical (unpaired) electrons. The minimum Gasteiger partial charge on any atom is -0.444 e. The zero-order chi connectivity index (χ0) is 17.2. The second kappa shape index (κ2) is 6.66. The van der Waals surface area contributed by atoms with Gasteiger partial charge in [-0.2, -0.15) is 5.10 Å². The Morgan fingerprint density at radius 3 is 2.83 bits per heavy atom. The molecule has 1 amide bonds. The van der Waals surface area contributed by atoms with Crippen LogP contribution in [0.2, 0.25) is 5.02 Å². The number of aryl methyl sites for hydroxylation is 2. The summed E-state index contributed by atoms with van der Waals surface area (Å²) in [5, 5.41) is 8.60. The van der Waals surface area contributed by atoms with Crippen molar-refractivity contribution in [1.29, 1.82) is 0 Å². The third-order valence-corrected chi connectivity index (χ3v) is 3.61. The van der Waals surface area contributed by atoms with Crippen LogP contribution in [0.1, 0.15) is 32.8 Å². The molecule has 126 valence electrons. The Hall–Kier alpha value is -1.95. The van der Waals surface area contributed by atoms with Crippen molar-refractivity contribution < 1.29 is 9.53 Å². The van der Waals surface area contributed by atoms with Crippen molar-refractivity contribution in [2.45, 2.75) is 39.2 Å². The van der Waals surface area contributed by atoms with E-state index in [1.54, 1.807) is 10.7 Å². The Bertz CT molecular complexity index is 719. The summed E-state index contributed by atoms with van der Waals surface area (Å²) in [6.45, 7) is 6.00. The maximum atomic E-state index is 11.6. The second-order valence-electron chi connectivity index (χ2n) is 6.52. The van der Waals surface area contributed by atoms with Crippen LogP contribution in [0, 0.1) is 0 Å². The van der Waals surface area contributed by atoms with Gasteiger partial charge in [0.25, 0.3) is 0 Å². The standard InChI is InChI=1S/C16H23ClN4O2/c1-16(2,3)23-15(22)19-7-5-6-10-11-9-21(4)20-13(11)8-12(17)14(10)18/h8-9H,5-7,18H2,1-4H3,(H,19,22). The van der Waals surface area contributed by atoms with Crippen LogP contribution in [0.25, 0.3) is 10.9 Å². The molecule has 0 bridgehead atoms. The van der Waals surface area contributed by atoms with E-state index in [1.807, 2.05) is 34.0 Å². The first-order chi connectivity index (χ1) is 10.7. The molecule has 1 aromatic carbocycles. The maximum Gasteiger partial charge on any atom is 0.407 e. The number of carbonyl (C=O) groups is 1. The molecule has 0 saturated carbocycles. The summed E-state index contributed by atoms with van der Waals surface area (Å²) in [6.07, 6.45) is 2.94. The van der Waals surface area contributed by atoms with E-state index in [0.717, 1.165) is 22.9 Å². The maximum absolute atomic E-state index is 11.6. The van der Waals surface area contributed by atoms with E-state index in [9.17, 15) is 4.79 Å². The quantitative estimate of drug-likeness (QED) is 0.662. The number of rotatable bonds is 4. The van der Waals surface area contributed by atoms with Gasteiger partial charge in [-0.3, -0.25) is 4.68 Å². The number of alkyl carbamates (subject to hydrolysis) is 1. The number of hydrogen-bond acceptors (Lipinski definition) is 4. The number of anilines is 1. The number of aromatic nitrogens is 2. The number of ether oxygens (including phenoxy) is 1. The Labute approximate surface area is 140 Å². The molecular weight excluding hydrogens is 316 g/mol. The van der Waals surface area contributed by atoms with Crippen LogP contribution >= 0.6 is 11.6 Å². The van der Waals surface area contributed by atoms with Crippen molar-refractivity contribution in [3.8, 4) is 0 Å². The number of fused-ring (bicyclic) bond motifs is 1. The van der Waals surface area contributed by atoms with Gasteiger partial charge in [0.1, 0.15) is 5.60 Å². The van der Waals surface area contributed by atoms with Gasteiger partial charge < -0.3 is 15.8 Å². The Morgan fingerprint density at radius 1 is 1.48 bits per heavy atom. The van der Waals surface area contributed by atoms with Crippen LogP contribution in [0.3, 0.4) is 0 Å². The van der Waals surface area contributed by atoms with Gasteiger partial charge in [0, 0.05) is 25.2 Å². The number of amides is 1. The van der Waals surface area contributed by atoms with Gasteiger partial charge in [-0.05, 0) is 45.2 Å². The lowest BCUT2D eigenvalue weighted by atomic mass is 10.0. The Kier molecular flexibility index (Phi) is 5.04. The van der Waals surface area contributed by atoms with Gasteiger partial charge in [-0.1, -0.05) is 11.6 Å². The molecule has 0 atom stereocenters. The minimum absolute atomic E-state index is 0.414. The molecule has 0 aliphatic carbocycles. The normalized spacial score (nSPS) is 11.7. The van der Waals surface area contributed by atoms with E-state index in [-0.39, 0.29) is 0 Å². The summed E-state index contributed by atoms with van der Waals surface area (Å²) >= 11 is 6.17. The Balaban J connectivity index is 2.00. The first-order valence-corrected chi connectivity index (χ1v) is 7.92. The lowest BCUT2D eigenvalue weighted by Crippen LogP contribution is -2.33. The van der Waals surface area contributed by atoms with Gasteiger partial charge >= 0.3 is 6.09 Å². The number of nitrogens with zero attached hydrogens (tertiary/aromatic N) is 2. The van der Waals surface area contributed by atoms with Crippen LogP contribution in [0.5, 0.6) is 0 Å². The number of halogens is 1. The topological polar surface area (TPSA) is 82.2 Å². The summed E-state index contributed by atoms with van der Waals surface area (Å²) in [5.41, 5.74) is 7.96. The van der Waals surface area contributed by atoms with E-state index in [1.165, 1.54) is 0 Å². The average Bonchev–Trinajstić information content (AvgIpc) is 2.76. The summed E-state index contributed by atoms with van der Waals surface area (Å²) < 4.78 is 6.94. The van der Waals surface area contributed by atoms with E-state index in [2.05, 4.69) is 10.4 Å². The number of nitrogens with one attached hydrogen (secondary N) is 1. The lowest BCUT2D eigenvalue weighted by molar-refractivity contribution is 0.0527. The Morgan fingerprint density at radius 2 is 2.17 bits per heavy atom. The fraction of sp³-hybridized carbons (Fsp3) is 0.500. The lowest BCUT2D eigenvalue weighted by Gasteiger charge is -2.19. The van der Waals surface area contributed by atoms with Gasteiger partial charge in [0.05, 0.1) is 16.2 Å². The van der Waals surface area contributed by atoms with Gasteiger partial charge in [0.2, 0.25) is 0 Å². The van der Waals surface area contributed by atoms with Crippen LogP contribution < -0.4 is 11.1 Å². The van der Waals surface area contributed by atoms with Crippen LogP contribution in [-0.2, 0) is 18.2 Å². The van der Waals surface area contributed by atoms with Gasteiger partial charge in [-0.25, -0.2) is 4.79 Å². The summed E-state index contributed by atoms with van der Waals surface area (Å²) in [5.74, 6) is 0. The third-order valence-electron chi connectivity index (χ3n) is 3.30. The molecule has 1 aromatic heterocycles. The van der Waals surface area contributed by atoms with Gasteiger partial charge in [0.15, 0.2) is 0 Å². The third kappa shape index (κ3) is 4.51. The molecule has 0 unspecified atom stereocenters. The fourth-order valence-corrected chi connectivity index (χ4v) is 2.59. The summed E-state index contributed by atoms with van der Waals surface area (Å²) in [7, 11) is 1.86. The number of hydrogen-bond donors (Lipinski definition) is 2. The summed E-state index contributed by atoms with van der Waals surface area (Å²) in [4.78, 5) is 11.6. The highest BCUT2D eigenvalue weighted by molar-refractivity contribution is 6.34. The zero-order valence-corrected chi connectivity index (χ0v) is 14.7. The molecular formula is C16H23ClN4O2.